The molecule has 7 nitrogen and oxygen atoms in total. The van der Waals surface area contributed by atoms with Crippen LogP contribution in [0.15, 0.2) is 47.6 Å². The number of rotatable bonds is 4. The zero-order valence-electron chi connectivity index (χ0n) is 15.0. The van der Waals surface area contributed by atoms with E-state index in [-0.39, 0.29) is 23.4 Å². The number of halogens is 1. The smallest absolute Gasteiger partial charge is 0.258 e. The minimum Gasteiger partial charge on any atom is -0.393 e. The van der Waals surface area contributed by atoms with Gasteiger partial charge in [0, 0.05) is 17.7 Å². The summed E-state index contributed by atoms with van der Waals surface area (Å²) in [6.07, 6.45) is 2.47. The van der Waals surface area contributed by atoms with Gasteiger partial charge in [0.1, 0.15) is 11.5 Å². The fraction of sp³-hybridized carbons (Fsp3) is 0.300. The summed E-state index contributed by atoms with van der Waals surface area (Å²) in [6.45, 7) is 0. The summed E-state index contributed by atoms with van der Waals surface area (Å²) in [5.41, 5.74) is 1.61. The number of aliphatic hydroxyl groups is 1. The van der Waals surface area contributed by atoms with Gasteiger partial charge in [-0.3, -0.25) is 10.1 Å². The van der Waals surface area contributed by atoms with Crippen LogP contribution in [0, 0.1) is 10.7 Å². The Kier molecular flexibility index (Phi) is 4.87. The van der Waals surface area contributed by atoms with Crippen molar-refractivity contribution < 1.29 is 14.3 Å². The molecule has 2 N–H and O–H groups in total. The molecule has 1 fully saturated rings. The Morgan fingerprint density at radius 3 is 2.71 bits per heavy atom. The van der Waals surface area contributed by atoms with E-state index in [0.29, 0.717) is 24.3 Å². The summed E-state index contributed by atoms with van der Waals surface area (Å²) in [6, 6.07) is 10.4. The van der Waals surface area contributed by atoms with Gasteiger partial charge < -0.3 is 9.67 Å². The Morgan fingerprint density at radius 1 is 1.18 bits per heavy atom. The molecule has 1 aliphatic rings. The lowest BCUT2D eigenvalue weighted by atomic mass is 9.93. The number of hydrogen-bond donors (Lipinski definition) is 2. The van der Waals surface area contributed by atoms with Gasteiger partial charge in [0.2, 0.25) is 5.95 Å². The maximum atomic E-state index is 13.7. The zero-order valence-corrected chi connectivity index (χ0v) is 15.0. The van der Waals surface area contributed by atoms with Crippen LogP contribution in [0.25, 0.3) is 11.0 Å². The summed E-state index contributed by atoms with van der Waals surface area (Å²) in [7, 11) is 0. The lowest BCUT2D eigenvalue weighted by molar-refractivity contribution is 0.102. The SMILES string of the molecule is O=Nc1cccc(C(=O)Nc2nc3cc(F)ccc3n2C2CCC(O)CC2)c1. The second-order valence-corrected chi connectivity index (χ2v) is 7.00. The Hall–Kier alpha value is -3.13. The van der Waals surface area contributed by atoms with Crippen LogP contribution in [-0.2, 0) is 0 Å². The highest BCUT2D eigenvalue weighted by Gasteiger charge is 2.26. The maximum Gasteiger partial charge on any atom is 0.258 e. The van der Waals surface area contributed by atoms with Crippen molar-refractivity contribution >= 4 is 28.6 Å². The largest absolute Gasteiger partial charge is 0.393 e. The molecule has 28 heavy (non-hydrogen) atoms. The molecule has 0 spiro atoms. The molecule has 0 aliphatic heterocycles. The second-order valence-electron chi connectivity index (χ2n) is 7.00. The van der Waals surface area contributed by atoms with E-state index >= 15 is 0 Å². The number of aromatic nitrogens is 2. The van der Waals surface area contributed by atoms with Gasteiger partial charge in [-0.05, 0) is 61.2 Å². The lowest BCUT2D eigenvalue weighted by Gasteiger charge is -2.28. The number of nitrogens with zero attached hydrogens (tertiary/aromatic N) is 3. The van der Waals surface area contributed by atoms with E-state index in [2.05, 4.69) is 15.5 Å². The molecule has 1 aliphatic carbocycles. The van der Waals surface area contributed by atoms with Crippen LogP contribution >= 0.6 is 0 Å². The highest BCUT2D eigenvalue weighted by molar-refractivity contribution is 6.04. The van der Waals surface area contributed by atoms with Crippen LogP contribution in [0.5, 0.6) is 0 Å². The van der Waals surface area contributed by atoms with Crippen molar-refractivity contribution in [1.29, 1.82) is 0 Å². The van der Waals surface area contributed by atoms with E-state index in [1.807, 2.05) is 4.57 Å². The van der Waals surface area contributed by atoms with Crippen molar-refractivity contribution in [3.05, 3.63) is 58.8 Å². The molecule has 2 aromatic carbocycles. The highest BCUT2D eigenvalue weighted by atomic mass is 19.1. The summed E-state index contributed by atoms with van der Waals surface area (Å²) in [4.78, 5) is 27.8. The molecule has 1 saturated carbocycles. The Morgan fingerprint density at radius 2 is 1.96 bits per heavy atom. The van der Waals surface area contributed by atoms with Crippen LogP contribution in [0.4, 0.5) is 16.0 Å². The molecule has 0 atom stereocenters. The minimum atomic E-state index is -0.432. The van der Waals surface area contributed by atoms with E-state index in [1.54, 1.807) is 18.2 Å². The van der Waals surface area contributed by atoms with Crippen molar-refractivity contribution in [3.63, 3.8) is 0 Å². The summed E-state index contributed by atoms with van der Waals surface area (Å²) in [5.74, 6) is -0.520. The number of carbonyl (C=O) groups is 1. The van der Waals surface area contributed by atoms with Crippen molar-refractivity contribution in [3.8, 4) is 0 Å². The summed E-state index contributed by atoms with van der Waals surface area (Å²) in [5, 5.41) is 15.4. The predicted octanol–water partition coefficient (Wildman–Crippen LogP) is 4.30. The number of benzene rings is 2. The van der Waals surface area contributed by atoms with E-state index in [9.17, 15) is 19.2 Å². The van der Waals surface area contributed by atoms with Crippen LogP contribution in [-0.4, -0.2) is 26.7 Å². The number of imidazole rings is 1. The molecule has 8 heteroatoms. The van der Waals surface area contributed by atoms with Crippen molar-refractivity contribution in [1.82, 2.24) is 9.55 Å². The summed E-state index contributed by atoms with van der Waals surface area (Å²) >= 11 is 0. The molecule has 144 valence electrons. The van der Waals surface area contributed by atoms with E-state index < -0.39 is 11.7 Å². The molecule has 3 aromatic rings. The highest BCUT2D eigenvalue weighted by Crippen LogP contribution is 2.34. The number of amides is 1. The van der Waals surface area contributed by atoms with Crippen molar-refractivity contribution in [2.45, 2.75) is 37.8 Å². The maximum absolute atomic E-state index is 13.7. The molecule has 1 aromatic heterocycles. The molecule has 0 bridgehead atoms. The zero-order chi connectivity index (χ0) is 19.7. The second kappa shape index (κ2) is 7.47. The average molecular weight is 382 g/mol. The van der Waals surface area contributed by atoms with Gasteiger partial charge in [-0.15, -0.1) is 4.91 Å². The number of nitrogens with one attached hydrogen (secondary N) is 1. The molecule has 0 radical (unpaired) electrons. The van der Waals surface area contributed by atoms with Gasteiger partial charge in [0.15, 0.2) is 0 Å². The van der Waals surface area contributed by atoms with Gasteiger partial charge in [0.05, 0.1) is 17.1 Å². The number of hydrogen-bond acceptors (Lipinski definition) is 5. The van der Waals surface area contributed by atoms with Gasteiger partial charge in [-0.2, -0.15) is 0 Å². The third-order valence-corrected chi connectivity index (χ3v) is 5.12. The Balaban J connectivity index is 1.71. The molecule has 1 amide bonds. The molecule has 0 saturated heterocycles. The molecule has 1 heterocycles. The summed E-state index contributed by atoms with van der Waals surface area (Å²) < 4.78 is 15.6. The number of anilines is 1. The number of fused-ring (bicyclic) bond motifs is 1. The van der Waals surface area contributed by atoms with Gasteiger partial charge in [-0.1, -0.05) is 6.07 Å². The van der Waals surface area contributed by atoms with Crippen LogP contribution < -0.4 is 5.32 Å². The number of aliphatic hydroxyl groups excluding tert-OH is 1. The molecular weight excluding hydrogens is 363 g/mol. The standard InChI is InChI=1S/C20H19FN4O3/c21-13-4-9-18-17(11-13)22-20(25(18)15-5-7-16(26)8-6-15)23-19(27)12-2-1-3-14(10-12)24-28/h1-4,9-11,15-16,26H,5-8H2,(H,22,23,27). The average Bonchev–Trinajstić information content (AvgIpc) is 3.05. The number of nitroso groups, excluding NO2 is 1. The van der Waals surface area contributed by atoms with E-state index in [0.717, 1.165) is 18.4 Å². The Bertz CT molecular complexity index is 1040. The normalized spacial score (nSPS) is 19.5. The lowest BCUT2D eigenvalue weighted by Crippen LogP contribution is -2.23. The fourth-order valence-corrected chi connectivity index (χ4v) is 3.72. The third kappa shape index (κ3) is 3.50. The third-order valence-electron chi connectivity index (χ3n) is 5.12. The van der Waals surface area contributed by atoms with Gasteiger partial charge >= 0.3 is 0 Å². The first-order chi connectivity index (χ1) is 13.5. The van der Waals surface area contributed by atoms with Gasteiger partial charge in [-0.25, -0.2) is 9.37 Å². The predicted molar refractivity (Wildman–Crippen MR) is 103 cm³/mol. The number of carbonyl (C=O) groups excluding carboxylic acids is 1. The fourth-order valence-electron chi connectivity index (χ4n) is 3.72. The van der Waals surface area contributed by atoms with Crippen LogP contribution in [0.2, 0.25) is 0 Å². The van der Waals surface area contributed by atoms with Crippen molar-refractivity contribution in [2.24, 2.45) is 5.18 Å². The molecule has 0 unspecified atom stereocenters. The van der Waals surface area contributed by atoms with Crippen LogP contribution in [0.1, 0.15) is 42.1 Å². The topological polar surface area (TPSA) is 96.6 Å². The van der Waals surface area contributed by atoms with Crippen LogP contribution in [0.3, 0.4) is 0 Å². The first-order valence-electron chi connectivity index (χ1n) is 9.15. The molecule has 4 rings (SSSR count). The quantitative estimate of drug-likeness (QED) is 0.658. The van der Waals surface area contributed by atoms with Gasteiger partial charge in [0.25, 0.3) is 5.91 Å². The molecular formula is C20H19FN4O3. The minimum absolute atomic E-state index is 0.0390. The first kappa shape index (κ1) is 18.2. The van der Waals surface area contributed by atoms with Crippen molar-refractivity contribution in [2.75, 3.05) is 5.32 Å². The monoisotopic (exact) mass is 382 g/mol. The Labute approximate surface area is 160 Å². The van der Waals surface area contributed by atoms with E-state index in [4.69, 9.17) is 0 Å². The first-order valence-corrected chi connectivity index (χ1v) is 9.15. The van der Waals surface area contributed by atoms with E-state index in [1.165, 1.54) is 24.3 Å².